The van der Waals surface area contributed by atoms with Crippen molar-refractivity contribution < 1.29 is 47.1 Å². The van der Waals surface area contributed by atoms with Gasteiger partial charge in [0.1, 0.15) is 13.2 Å². The molecule has 0 heterocycles. The van der Waals surface area contributed by atoms with Crippen LogP contribution in [0, 0.1) is 6.92 Å². The summed E-state index contributed by atoms with van der Waals surface area (Å²) in [5.74, 6) is -0.593. The summed E-state index contributed by atoms with van der Waals surface area (Å²) in [5.41, 5.74) is 0. The first-order chi connectivity index (χ1) is 11.7. The number of rotatable bonds is 17. The topological polar surface area (TPSA) is 107 Å². The molecule has 10 heteroatoms. The Morgan fingerprint density at radius 3 is 1.76 bits per heavy atom. The summed E-state index contributed by atoms with van der Waals surface area (Å²) in [4.78, 5) is 22.4. The van der Waals surface area contributed by atoms with Crippen LogP contribution in [0.4, 0.5) is 0 Å². The van der Waals surface area contributed by atoms with Gasteiger partial charge in [-0.1, -0.05) is 0 Å². The monoisotopic (exact) mass is 399 g/mol. The van der Waals surface area contributed by atoms with Crippen molar-refractivity contribution in [3.05, 3.63) is 6.92 Å². The van der Waals surface area contributed by atoms with Crippen molar-refractivity contribution in [2.24, 2.45) is 0 Å². The number of likely N-dealkylation sites (N-methyl/N-ethyl adjacent to an activating group) is 1. The van der Waals surface area contributed by atoms with Gasteiger partial charge in [0.2, 0.25) is 11.8 Å². The van der Waals surface area contributed by atoms with Gasteiger partial charge < -0.3 is 41.8 Å². The van der Waals surface area contributed by atoms with E-state index in [9.17, 15) is 9.59 Å². The van der Waals surface area contributed by atoms with Crippen LogP contribution in [0.5, 0.6) is 0 Å². The number of ether oxygens (including phenoxy) is 4. The molecule has 0 rings (SSSR count). The molecule has 0 aromatic rings. The van der Waals surface area contributed by atoms with E-state index in [1.807, 2.05) is 7.05 Å². The summed E-state index contributed by atoms with van der Waals surface area (Å²) in [5, 5.41) is 8.07. The Labute approximate surface area is 161 Å². The molecule has 0 aliphatic carbocycles. The van der Waals surface area contributed by atoms with Crippen molar-refractivity contribution in [2.75, 3.05) is 79.5 Å². The molecule has 3 N–H and O–H groups in total. The average Bonchev–Trinajstić information content (AvgIpc) is 2.56. The molecule has 0 aliphatic rings. The van der Waals surface area contributed by atoms with Gasteiger partial charge in [0.05, 0.1) is 39.6 Å². The Hall–Kier alpha value is -0.676. The second-order valence-electron chi connectivity index (χ2n) is 4.63. The summed E-state index contributed by atoms with van der Waals surface area (Å²) in [6, 6.07) is 0. The quantitative estimate of drug-likeness (QED) is 0.198. The van der Waals surface area contributed by atoms with Crippen molar-refractivity contribution in [1.29, 1.82) is 0 Å². The number of nitrogens with one attached hydrogen (secondary N) is 3. The minimum Gasteiger partial charge on any atom is -0.384 e. The number of carbonyl (C=O) groups is 2. The maximum atomic E-state index is 11.4. The molecule has 0 fully saturated rings. The molecule has 0 aliphatic heterocycles. The first-order valence-electron chi connectivity index (χ1n) is 7.99. The smallest absolute Gasteiger partial charge is 0.246 e. The van der Waals surface area contributed by atoms with Gasteiger partial charge >= 0.3 is 0 Å². The Bertz CT molecular complexity index is 324. The molecule has 0 bridgehead atoms. The van der Waals surface area contributed by atoms with Gasteiger partial charge in [-0.25, -0.2) is 0 Å². The van der Waals surface area contributed by atoms with Gasteiger partial charge in [0, 0.05) is 31.6 Å². The molecule has 0 unspecified atom stereocenters. The molecule has 2 amide bonds. The van der Waals surface area contributed by atoms with Crippen molar-refractivity contribution in [2.45, 2.75) is 0 Å². The van der Waals surface area contributed by atoms with Gasteiger partial charge in [-0.3, -0.25) is 9.59 Å². The number of amides is 2. The van der Waals surface area contributed by atoms with Crippen LogP contribution in [-0.4, -0.2) is 91.4 Å². The number of hydrogen-bond donors (Lipinski definition) is 3. The number of hydrogen-bond acceptors (Lipinski definition) is 7. The Morgan fingerprint density at radius 2 is 1.24 bits per heavy atom. The minimum atomic E-state index is -0.298. The van der Waals surface area contributed by atoms with Crippen LogP contribution in [0.2, 0.25) is 0 Å². The van der Waals surface area contributed by atoms with Crippen LogP contribution in [0.15, 0.2) is 0 Å². The fourth-order valence-corrected chi connectivity index (χ4v) is 1.46. The average molecular weight is 399 g/mol. The van der Waals surface area contributed by atoms with Crippen molar-refractivity contribution in [3.8, 4) is 0 Å². The molecule has 25 heavy (non-hydrogen) atoms. The maximum absolute atomic E-state index is 11.4. The predicted molar refractivity (Wildman–Crippen MR) is 88.6 cm³/mol. The largest absolute Gasteiger partial charge is 0.384 e. The molecule has 0 saturated heterocycles. The van der Waals surface area contributed by atoms with Crippen LogP contribution in [0.25, 0.3) is 0 Å². The van der Waals surface area contributed by atoms with E-state index in [4.69, 9.17) is 18.9 Å². The van der Waals surface area contributed by atoms with Crippen molar-refractivity contribution >= 4 is 11.8 Å². The van der Waals surface area contributed by atoms with Gasteiger partial charge in [0.15, 0.2) is 0 Å². The van der Waals surface area contributed by atoms with Crippen LogP contribution in [0.1, 0.15) is 0 Å². The van der Waals surface area contributed by atoms with Gasteiger partial charge in [-0.15, -0.1) is 6.54 Å². The summed E-state index contributed by atoms with van der Waals surface area (Å²) in [6.45, 7) is 7.71. The van der Waals surface area contributed by atoms with Crippen LogP contribution < -0.4 is 16.0 Å². The van der Waals surface area contributed by atoms with E-state index in [-0.39, 0.29) is 43.6 Å². The maximum Gasteiger partial charge on any atom is 0.246 e. The third kappa shape index (κ3) is 21.3. The molecule has 9 nitrogen and oxygen atoms in total. The van der Waals surface area contributed by atoms with Gasteiger partial charge in [-0.2, -0.15) is 0 Å². The van der Waals surface area contributed by atoms with E-state index < -0.39 is 0 Å². The van der Waals surface area contributed by atoms with E-state index in [0.29, 0.717) is 52.7 Å². The number of carbonyl (C=O) groups excluding carboxylic acids is 2. The molecule has 1 radical (unpaired) electrons. The summed E-state index contributed by atoms with van der Waals surface area (Å²) >= 11 is 0. The van der Waals surface area contributed by atoms with Gasteiger partial charge in [-0.05, 0) is 7.05 Å². The first-order valence-corrected chi connectivity index (χ1v) is 7.99. The van der Waals surface area contributed by atoms with E-state index in [0.717, 1.165) is 6.54 Å². The molecule has 0 aromatic carbocycles. The standard InChI is InChI=1S/C15H30N3O6.V/c1-3-17-14(19)12-24-13-15(20)18-5-7-22-9-11-23-10-8-21-6-4-16-2;/h16H,1,3-13H2,2H3,(H,17,19)(H,18,20);/q-1;. The zero-order valence-corrected chi connectivity index (χ0v) is 16.3. The van der Waals surface area contributed by atoms with Gasteiger partial charge in [0.25, 0.3) is 0 Å². The second-order valence-corrected chi connectivity index (χ2v) is 4.63. The molecular formula is C15H30N3O6V-. The van der Waals surface area contributed by atoms with Crippen molar-refractivity contribution in [1.82, 2.24) is 16.0 Å². The minimum absolute atomic E-state index is 0. The Kier molecular flexibility index (Phi) is 22.7. The van der Waals surface area contributed by atoms with Crippen molar-refractivity contribution in [3.63, 3.8) is 0 Å². The molecule has 147 valence electrons. The first kappa shape index (κ1) is 26.6. The Balaban J connectivity index is 0. The summed E-state index contributed by atoms with van der Waals surface area (Å²) < 4.78 is 20.8. The predicted octanol–water partition coefficient (Wildman–Crippen LogP) is -1.66. The summed E-state index contributed by atoms with van der Waals surface area (Å²) in [6.07, 6.45) is 0. The normalized spacial score (nSPS) is 10.2. The second kappa shape index (κ2) is 21.4. The molecular weight excluding hydrogens is 369 g/mol. The fraction of sp³-hybridized carbons (Fsp3) is 0.800. The fourth-order valence-electron chi connectivity index (χ4n) is 1.46. The van der Waals surface area contributed by atoms with Crippen LogP contribution in [0.3, 0.4) is 0 Å². The van der Waals surface area contributed by atoms with Crippen LogP contribution in [-0.2, 0) is 47.1 Å². The molecule has 0 spiro atoms. The third-order valence-electron chi connectivity index (χ3n) is 2.60. The molecule has 0 saturated carbocycles. The SMILES string of the molecule is [CH2-]CNC(=O)COCC(=O)NCCOCCOCCOCCNC.[V]. The molecule has 0 aromatic heterocycles. The van der Waals surface area contributed by atoms with E-state index in [2.05, 4.69) is 22.9 Å². The van der Waals surface area contributed by atoms with Crippen LogP contribution >= 0.6 is 0 Å². The van der Waals surface area contributed by atoms with E-state index >= 15 is 0 Å². The summed E-state index contributed by atoms with van der Waals surface area (Å²) in [7, 11) is 1.87. The zero-order valence-electron chi connectivity index (χ0n) is 14.9. The molecule has 0 atom stereocenters. The van der Waals surface area contributed by atoms with E-state index in [1.165, 1.54) is 0 Å². The third-order valence-corrected chi connectivity index (χ3v) is 2.60. The van der Waals surface area contributed by atoms with E-state index in [1.54, 1.807) is 0 Å². The zero-order chi connectivity index (χ0) is 17.9. The Morgan fingerprint density at radius 1 is 0.760 bits per heavy atom.